The van der Waals surface area contributed by atoms with Gasteiger partial charge in [-0.2, -0.15) is 0 Å². The van der Waals surface area contributed by atoms with Crippen LogP contribution >= 0.6 is 11.3 Å². The van der Waals surface area contributed by atoms with E-state index >= 15 is 0 Å². The SMILES string of the molecule is CC1(C)C(C(O)Cc2cccs2)C1(C)C. The lowest BCUT2D eigenvalue weighted by atomic mass is 10.0. The Morgan fingerprint density at radius 3 is 2.33 bits per heavy atom. The molecule has 1 saturated carbocycles. The molecule has 1 aliphatic carbocycles. The maximum Gasteiger partial charge on any atom is 0.0627 e. The molecule has 0 spiro atoms. The summed E-state index contributed by atoms with van der Waals surface area (Å²) in [6, 6.07) is 4.16. The molecule has 1 fully saturated rings. The molecule has 0 amide bonds. The molecular formula is C13H20OS. The average molecular weight is 224 g/mol. The first kappa shape index (κ1) is 11.2. The molecule has 1 aliphatic rings. The van der Waals surface area contributed by atoms with E-state index in [2.05, 4.69) is 45.2 Å². The zero-order chi connectivity index (χ0) is 11.3. The molecule has 1 atom stereocenters. The normalized spacial score (nSPS) is 25.1. The fraction of sp³-hybridized carbons (Fsp3) is 0.692. The summed E-state index contributed by atoms with van der Waals surface area (Å²) >= 11 is 1.74. The third kappa shape index (κ3) is 1.64. The second kappa shape index (κ2) is 3.33. The number of hydrogen-bond donors (Lipinski definition) is 1. The van der Waals surface area contributed by atoms with Crippen LogP contribution in [0.25, 0.3) is 0 Å². The van der Waals surface area contributed by atoms with E-state index in [1.165, 1.54) is 4.88 Å². The van der Waals surface area contributed by atoms with E-state index in [4.69, 9.17) is 0 Å². The summed E-state index contributed by atoms with van der Waals surface area (Å²) in [6.45, 7) is 9.04. The maximum atomic E-state index is 10.2. The minimum atomic E-state index is -0.186. The summed E-state index contributed by atoms with van der Waals surface area (Å²) in [5.74, 6) is 0.437. The largest absolute Gasteiger partial charge is 0.392 e. The van der Waals surface area contributed by atoms with Crippen molar-refractivity contribution >= 4 is 11.3 Å². The van der Waals surface area contributed by atoms with Crippen LogP contribution in [-0.2, 0) is 6.42 Å². The monoisotopic (exact) mass is 224 g/mol. The second-order valence-corrected chi connectivity index (χ2v) is 6.80. The Morgan fingerprint density at radius 1 is 1.33 bits per heavy atom. The first-order valence-electron chi connectivity index (χ1n) is 5.58. The van der Waals surface area contributed by atoms with E-state index in [1.807, 2.05) is 0 Å². The van der Waals surface area contributed by atoms with Gasteiger partial charge < -0.3 is 5.11 Å². The van der Waals surface area contributed by atoms with E-state index < -0.39 is 0 Å². The van der Waals surface area contributed by atoms with Gasteiger partial charge in [0.25, 0.3) is 0 Å². The van der Waals surface area contributed by atoms with Crippen molar-refractivity contribution in [2.75, 3.05) is 0 Å². The number of aliphatic hydroxyl groups excluding tert-OH is 1. The zero-order valence-electron chi connectivity index (χ0n) is 9.95. The molecule has 1 N–H and O–H groups in total. The summed E-state index contributed by atoms with van der Waals surface area (Å²) in [6.07, 6.45) is 0.628. The Labute approximate surface area is 96.1 Å². The van der Waals surface area contributed by atoms with Crippen LogP contribution in [-0.4, -0.2) is 11.2 Å². The highest BCUT2D eigenvalue weighted by molar-refractivity contribution is 7.09. The predicted molar refractivity (Wildman–Crippen MR) is 65.1 cm³/mol. The molecule has 0 bridgehead atoms. The first-order chi connectivity index (χ1) is 6.87. The number of thiophene rings is 1. The number of hydrogen-bond acceptors (Lipinski definition) is 2. The van der Waals surface area contributed by atoms with Crippen LogP contribution in [0.15, 0.2) is 17.5 Å². The van der Waals surface area contributed by atoms with Crippen molar-refractivity contribution in [3.05, 3.63) is 22.4 Å². The van der Waals surface area contributed by atoms with Gasteiger partial charge in [-0.3, -0.25) is 0 Å². The van der Waals surface area contributed by atoms with Crippen LogP contribution in [0.5, 0.6) is 0 Å². The molecule has 0 saturated heterocycles. The molecule has 1 unspecified atom stereocenters. The molecule has 1 nitrogen and oxygen atoms in total. The summed E-state index contributed by atoms with van der Waals surface area (Å²) < 4.78 is 0. The van der Waals surface area contributed by atoms with Gasteiger partial charge >= 0.3 is 0 Å². The van der Waals surface area contributed by atoms with Crippen molar-refractivity contribution < 1.29 is 5.11 Å². The van der Waals surface area contributed by atoms with Crippen LogP contribution in [0.2, 0.25) is 0 Å². The van der Waals surface area contributed by atoms with Crippen LogP contribution < -0.4 is 0 Å². The molecule has 15 heavy (non-hydrogen) atoms. The lowest BCUT2D eigenvalue weighted by Gasteiger charge is -2.11. The molecule has 1 heterocycles. The summed E-state index contributed by atoms with van der Waals surface area (Å²) in [7, 11) is 0. The lowest BCUT2D eigenvalue weighted by molar-refractivity contribution is 0.130. The van der Waals surface area contributed by atoms with E-state index in [0.29, 0.717) is 5.92 Å². The zero-order valence-corrected chi connectivity index (χ0v) is 10.8. The molecule has 0 aliphatic heterocycles. The van der Waals surface area contributed by atoms with Crippen molar-refractivity contribution in [2.45, 2.75) is 40.2 Å². The summed E-state index contributed by atoms with van der Waals surface area (Å²) in [4.78, 5) is 1.29. The molecule has 84 valence electrons. The van der Waals surface area contributed by atoms with Crippen molar-refractivity contribution in [3.63, 3.8) is 0 Å². The van der Waals surface area contributed by atoms with Gasteiger partial charge in [0.05, 0.1) is 6.10 Å². The minimum Gasteiger partial charge on any atom is -0.392 e. The van der Waals surface area contributed by atoms with E-state index in [1.54, 1.807) is 11.3 Å². The predicted octanol–water partition coefficient (Wildman–Crippen LogP) is 3.33. The third-order valence-corrected chi connectivity index (χ3v) is 5.41. The van der Waals surface area contributed by atoms with Crippen LogP contribution in [0, 0.1) is 16.7 Å². The van der Waals surface area contributed by atoms with Gasteiger partial charge in [0, 0.05) is 11.3 Å². The van der Waals surface area contributed by atoms with Gasteiger partial charge in [-0.15, -0.1) is 11.3 Å². The molecular weight excluding hydrogens is 204 g/mol. The van der Waals surface area contributed by atoms with Gasteiger partial charge in [-0.25, -0.2) is 0 Å². The Bertz CT molecular complexity index is 323. The standard InChI is InChI=1S/C13H20OS/c1-12(2)11(13(12,3)4)10(14)8-9-6-5-7-15-9/h5-7,10-11,14H,8H2,1-4H3. The Hall–Kier alpha value is -0.340. The minimum absolute atomic E-state index is 0.186. The van der Waals surface area contributed by atoms with Crippen molar-refractivity contribution in [1.82, 2.24) is 0 Å². The summed E-state index contributed by atoms with van der Waals surface area (Å²) in [5, 5.41) is 12.3. The molecule has 1 aromatic heterocycles. The van der Waals surface area contributed by atoms with Gasteiger partial charge in [-0.05, 0) is 28.2 Å². The third-order valence-electron chi connectivity index (χ3n) is 4.51. The van der Waals surface area contributed by atoms with Crippen molar-refractivity contribution in [2.24, 2.45) is 16.7 Å². The van der Waals surface area contributed by atoms with Crippen molar-refractivity contribution in [3.8, 4) is 0 Å². The number of rotatable bonds is 3. The fourth-order valence-corrected chi connectivity index (χ4v) is 3.72. The van der Waals surface area contributed by atoms with Gasteiger partial charge in [0.15, 0.2) is 0 Å². The molecule has 0 aromatic carbocycles. The lowest BCUT2D eigenvalue weighted by Crippen LogP contribution is -2.16. The van der Waals surface area contributed by atoms with Gasteiger partial charge in [-0.1, -0.05) is 33.8 Å². The van der Waals surface area contributed by atoms with E-state index in [9.17, 15) is 5.11 Å². The topological polar surface area (TPSA) is 20.2 Å². The Balaban J connectivity index is 2.02. The van der Waals surface area contributed by atoms with Crippen LogP contribution in [0.3, 0.4) is 0 Å². The summed E-state index contributed by atoms with van der Waals surface area (Å²) in [5.41, 5.74) is 0.563. The molecule has 1 aromatic rings. The molecule has 2 heteroatoms. The van der Waals surface area contributed by atoms with Crippen LogP contribution in [0.4, 0.5) is 0 Å². The van der Waals surface area contributed by atoms with Gasteiger partial charge in [0.1, 0.15) is 0 Å². The highest BCUT2D eigenvalue weighted by Crippen LogP contribution is 2.69. The quantitative estimate of drug-likeness (QED) is 0.835. The molecule has 2 rings (SSSR count). The average Bonchev–Trinajstić information content (AvgIpc) is 2.53. The van der Waals surface area contributed by atoms with E-state index in [0.717, 1.165) is 6.42 Å². The van der Waals surface area contributed by atoms with Gasteiger partial charge in [0.2, 0.25) is 0 Å². The fourth-order valence-electron chi connectivity index (χ4n) is 2.96. The smallest absolute Gasteiger partial charge is 0.0627 e. The first-order valence-corrected chi connectivity index (χ1v) is 6.46. The number of aliphatic hydroxyl groups is 1. The van der Waals surface area contributed by atoms with E-state index in [-0.39, 0.29) is 16.9 Å². The molecule has 0 radical (unpaired) electrons. The highest BCUT2D eigenvalue weighted by atomic mass is 32.1. The maximum absolute atomic E-state index is 10.2. The Kier molecular flexibility index (Phi) is 2.47. The van der Waals surface area contributed by atoms with Crippen molar-refractivity contribution in [1.29, 1.82) is 0 Å². The highest BCUT2D eigenvalue weighted by Gasteiger charge is 2.66. The second-order valence-electron chi connectivity index (χ2n) is 5.77. The Morgan fingerprint density at radius 2 is 1.93 bits per heavy atom. The van der Waals surface area contributed by atoms with Crippen LogP contribution in [0.1, 0.15) is 32.6 Å².